The second-order valence-electron chi connectivity index (χ2n) is 10.8. The molecular weight excluding hydrogens is 651 g/mol. The summed E-state index contributed by atoms with van der Waals surface area (Å²) in [6.45, 7) is -0.104. The van der Waals surface area contributed by atoms with E-state index in [1.165, 1.54) is 0 Å². The van der Waals surface area contributed by atoms with E-state index in [0.29, 0.717) is 22.7 Å². The Morgan fingerprint density at radius 2 is 1.81 bits per heavy atom. The SMILES string of the molecule is COc1cccc2cc(C(=O)N(C3CCCCCC3)C3CC(C(=O)NCCO)=CC(Oc4ccccc4I)C3O)oc12. The van der Waals surface area contributed by atoms with E-state index in [9.17, 15) is 19.8 Å². The molecule has 1 aromatic heterocycles. The maximum Gasteiger partial charge on any atom is 0.290 e. The van der Waals surface area contributed by atoms with Crippen LogP contribution in [0.2, 0.25) is 0 Å². The molecule has 2 aliphatic carbocycles. The van der Waals surface area contributed by atoms with E-state index in [1.54, 1.807) is 30.2 Å². The lowest BCUT2D eigenvalue weighted by Gasteiger charge is -2.43. The fraction of sp³-hybridized carbons (Fsp3) is 0.438. The van der Waals surface area contributed by atoms with Gasteiger partial charge in [-0.05, 0) is 65.8 Å². The first-order valence-corrected chi connectivity index (χ1v) is 15.6. The summed E-state index contributed by atoms with van der Waals surface area (Å²) in [5.41, 5.74) is 0.879. The number of para-hydroxylation sites is 2. The first-order valence-electron chi connectivity index (χ1n) is 14.5. The number of carbonyl (C=O) groups is 2. The third-order valence-electron chi connectivity index (χ3n) is 8.06. The van der Waals surface area contributed by atoms with Gasteiger partial charge in [-0.3, -0.25) is 9.59 Å². The topological polar surface area (TPSA) is 121 Å². The van der Waals surface area contributed by atoms with Gasteiger partial charge in [-0.1, -0.05) is 49.9 Å². The van der Waals surface area contributed by atoms with Crippen molar-refractivity contribution < 1.29 is 33.7 Å². The molecule has 0 bridgehead atoms. The smallest absolute Gasteiger partial charge is 0.290 e. The van der Waals surface area contributed by atoms with E-state index in [1.807, 2.05) is 36.4 Å². The van der Waals surface area contributed by atoms with Crippen LogP contribution in [-0.2, 0) is 4.79 Å². The minimum absolute atomic E-state index is 0.0948. The standard InChI is InChI=1S/C32H37IN2O7/c1-40-26-14-8-9-20-18-28(42-30(20)26)32(39)35(22-10-4-2-3-5-11-22)24-17-21(31(38)34-15-16-36)19-27(29(24)37)41-25-13-7-6-12-23(25)33/h6-9,12-14,18-19,22,24,27,29,36-37H,2-5,10-11,15-17H2,1H3,(H,34,38). The molecule has 0 saturated heterocycles. The fourth-order valence-electron chi connectivity index (χ4n) is 5.99. The molecule has 3 atom stereocenters. The van der Waals surface area contributed by atoms with Crippen LogP contribution in [0, 0.1) is 3.57 Å². The van der Waals surface area contributed by atoms with Crippen LogP contribution in [0.5, 0.6) is 11.5 Å². The molecule has 3 unspecified atom stereocenters. The summed E-state index contributed by atoms with van der Waals surface area (Å²) in [6.07, 6.45) is 5.45. The molecule has 3 aromatic rings. The summed E-state index contributed by atoms with van der Waals surface area (Å²) in [5.74, 6) is 0.558. The van der Waals surface area contributed by atoms with Crippen molar-refractivity contribution in [2.75, 3.05) is 20.3 Å². The predicted octanol–water partition coefficient (Wildman–Crippen LogP) is 4.83. The van der Waals surface area contributed by atoms with Gasteiger partial charge < -0.3 is 34.3 Å². The van der Waals surface area contributed by atoms with Crippen LogP contribution in [-0.4, -0.2) is 71.5 Å². The number of aliphatic hydroxyl groups is 2. The number of nitrogens with one attached hydrogen (secondary N) is 1. The van der Waals surface area contributed by atoms with E-state index in [2.05, 4.69) is 27.9 Å². The number of hydrogen-bond acceptors (Lipinski definition) is 7. The van der Waals surface area contributed by atoms with E-state index in [0.717, 1.165) is 47.5 Å². The highest BCUT2D eigenvalue weighted by molar-refractivity contribution is 14.1. The van der Waals surface area contributed by atoms with Crippen molar-refractivity contribution in [3.05, 3.63) is 69.5 Å². The summed E-state index contributed by atoms with van der Waals surface area (Å²) in [4.78, 5) is 29.4. The van der Waals surface area contributed by atoms with Crippen molar-refractivity contribution in [2.24, 2.45) is 0 Å². The third-order valence-corrected chi connectivity index (χ3v) is 8.95. The van der Waals surface area contributed by atoms with E-state index >= 15 is 0 Å². The van der Waals surface area contributed by atoms with Gasteiger partial charge in [0.05, 0.1) is 23.3 Å². The van der Waals surface area contributed by atoms with E-state index < -0.39 is 18.2 Å². The summed E-state index contributed by atoms with van der Waals surface area (Å²) < 4.78 is 18.7. The molecule has 9 nitrogen and oxygen atoms in total. The van der Waals surface area contributed by atoms with E-state index in [-0.39, 0.29) is 43.2 Å². The number of carbonyl (C=O) groups excluding carboxylic acids is 2. The summed E-state index contributed by atoms with van der Waals surface area (Å²) in [5, 5.41) is 24.6. The Morgan fingerprint density at radius 1 is 1.07 bits per heavy atom. The van der Waals surface area contributed by atoms with Gasteiger partial charge in [-0.25, -0.2) is 0 Å². The van der Waals surface area contributed by atoms with Crippen molar-refractivity contribution in [1.29, 1.82) is 0 Å². The number of nitrogens with zero attached hydrogens (tertiary/aromatic N) is 1. The number of benzene rings is 2. The zero-order valence-corrected chi connectivity index (χ0v) is 25.8. The monoisotopic (exact) mass is 688 g/mol. The lowest BCUT2D eigenvalue weighted by molar-refractivity contribution is -0.118. The van der Waals surface area contributed by atoms with Gasteiger partial charge in [0.2, 0.25) is 5.91 Å². The Labute approximate surface area is 259 Å². The molecule has 2 aliphatic rings. The third kappa shape index (κ3) is 6.60. The van der Waals surface area contributed by atoms with Crippen LogP contribution in [0.1, 0.15) is 55.5 Å². The highest BCUT2D eigenvalue weighted by atomic mass is 127. The van der Waals surface area contributed by atoms with Crippen LogP contribution >= 0.6 is 22.6 Å². The minimum Gasteiger partial charge on any atom is -0.493 e. The number of amides is 2. The van der Waals surface area contributed by atoms with Crippen LogP contribution in [0.4, 0.5) is 0 Å². The Bertz CT molecular complexity index is 1430. The Balaban J connectivity index is 1.55. The number of aliphatic hydroxyl groups excluding tert-OH is 2. The molecule has 2 aromatic carbocycles. The quantitative estimate of drug-likeness (QED) is 0.218. The van der Waals surface area contributed by atoms with Gasteiger partial charge in [0.15, 0.2) is 17.1 Å². The lowest BCUT2D eigenvalue weighted by Crippen LogP contribution is -2.58. The number of hydrogen-bond donors (Lipinski definition) is 3. The summed E-state index contributed by atoms with van der Waals surface area (Å²) >= 11 is 2.17. The summed E-state index contributed by atoms with van der Waals surface area (Å²) in [6, 6.07) is 13.8. The van der Waals surface area contributed by atoms with Crippen LogP contribution in [0.25, 0.3) is 11.0 Å². The van der Waals surface area contributed by atoms with Gasteiger partial charge in [0.25, 0.3) is 5.91 Å². The first-order chi connectivity index (χ1) is 20.4. The highest BCUT2D eigenvalue weighted by Crippen LogP contribution is 2.36. The normalized spacial score (nSPS) is 21.3. The zero-order chi connectivity index (χ0) is 29.6. The molecule has 1 heterocycles. The second-order valence-corrected chi connectivity index (χ2v) is 12.0. The number of fused-ring (bicyclic) bond motifs is 1. The molecule has 1 fully saturated rings. The Kier molecular flexibility index (Phi) is 10.1. The van der Waals surface area contributed by atoms with Crippen molar-refractivity contribution in [2.45, 2.75) is 69.2 Å². The molecule has 1 saturated carbocycles. The van der Waals surface area contributed by atoms with Crippen molar-refractivity contribution in [3.63, 3.8) is 0 Å². The molecule has 42 heavy (non-hydrogen) atoms. The van der Waals surface area contributed by atoms with Crippen molar-refractivity contribution in [1.82, 2.24) is 10.2 Å². The Hall–Kier alpha value is -3.09. The molecule has 0 aliphatic heterocycles. The molecular formula is C32H37IN2O7. The molecule has 5 rings (SSSR count). The maximum atomic E-state index is 14.4. The molecule has 3 N–H and O–H groups in total. The number of halogens is 1. The zero-order valence-electron chi connectivity index (χ0n) is 23.6. The van der Waals surface area contributed by atoms with Gasteiger partial charge in [-0.15, -0.1) is 0 Å². The predicted molar refractivity (Wildman–Crippen MR) is 167 cm³/mol. The largest absolute Gasteiger partial charge is 0.493 e. The van der Waals surface area contributed by atoms with Crippen molar-refractivity contribution in [3.8, 4) is 11.5 Å². The van der Waals surface area contributed by atoms with Gasteiger partial charge in [0.1, 0.15) is 18.0 Å². The summed E-state index contributed by atoms with van der Waals surface area (Å²) in [7, 11) is 1.55. The van der Waals surface area contributed by atoms with Crippen molar-refractivity contribution >= 4 is 45.4 Å². The van der Waals surface area contributed by atoms with Crippen LogP contribution in [0.15, 0.2) is 64.6 Å². The fourth-order valence-corrected chi connectivity index (χ4v) is 6.50. The Morgan fingerprint density at radius 3 is 2.52 bits per heavy atom. The minimum atomic E-state index is -1.11. The van der Waals surface area contributed by atoms with Gasteiger partial charge in [0, 0.05) is 30.0 Å². The second kappa shape index (κ2) is 13.9. The average molecular weight is 689 g/mol. The van der Waals surface area contributed by atoms with Crippen LogP contribution < -0.4 is 14.8 Å². The molecule has 0 radical (unpaired) electrons. The highest BCUT2D eigenvalue weighted by Gasteiger charge is 2.44. The maximum absolute atomic E-state index is 14.4. The van der Waals surface area contributed by atoms with Crippen LogP contribution in [0.3, 0.4) is 0 Å². The van der Waals surface area contributed by atoms with E-state index in [4.69, 9.17) is 13.9 Å². The lowest BCUT2D eigenvalue weighted by atomic mass is 9.86. The van der Waals surface area contributed by atoms with Gasteiger partial charge >= 0.3 is 0 Å². The molecule has 10 heteroatoms. The number of furan rings is 1. The first kappa shape index (κ1) is 30.4. The number of ether oxygens (including phenoxy) is 2. The number of methoxy groups -OCH3 is 1. The molecule has 2 amide bonds. The number of rotatable bonds is 9. The van der Waals surface area contributed by atoms with Gasteiger partial charge in [-0.2, -0.15) is 0 Å². The molecule has 224 valence electrons. The molecule has 0 spiro atoms. The average Bonchev–Trinajstić information content (AvgIpc) is 3.27.